The molecule has 1 saturated heterocycles. The van der Waals surface area contributed by atoms with Gasteiger partial charge in [-0.15, -0.1) is 12.4 Å². The van der Waals surface area contributed by atoms with E-state index in [4.69, 9.17) is 5.73 Å². The lowest BCUT2D eigenvalue weighted by atomic mass is 10.0. The number of amides is 1. The number of benzene rings is 1. The van der Waals surface area contributed by atoms with Crippen molar-refractivity contribution in [1.29, 1.82) is 0 Å². The van der Waals surface area contributed by atoms with Crippen LogP contribution in [0.3, 0.4) is 0 Å². The molecule has 2 rings (SSSR count). The SMILES string of the molecule is CC(N)C1CCN(C(=O)c2cc(F)c(F)c(F)c2)C1.Cl. The Hall–Kier alpha value is -1.27. The summed E-state index contributed by atoms with van der Waals surface area (Å²) >= 11 is 0. The highest BCUT2D eigenvalue weighted by Gasteiger charge is 2.29. The average Bonchev–Trinajstić information content (AvgIpc) is 2.84. The van der Waals surface area contributed by atoms with Crippen LogP contribution in [0.4, 0.5) is 13.2 Å². The molecule has 0 bridgehead atoms. The van der Waals surface area contributed by atoms with Crippen LogP contribution in [0.2, 0.25) is 0 Å². The van der Waals surface area contributed by atoms with Crippen LogP contribution in [0.5, 0.6) is 0 Å². The van der Waals surface area contributed by atoms with E-state index in [0.29, 0.717) is 13.1 Å². The van der Waals surface area contributed by atoms with Crippen molar-refractivity contribution >= 4 is 18.3 Å². The van der Waals surface area contributed by atoms with Crippen LogP contribution in [0.15, 0.2) is 12.1 Å². The second kappa shape index (κ2) is 6.45. The normalized spacial score (nSPS) is 19.6. The van der Waals surface area contributed by atoms with Gasteiger partial charge in [0.25, 0.3) is 5.91 Å². The fraction of sp³-hybridized carbons (Fsp3) is 0.462. The van der Waals surface area contributed by atoms with Crippen LogP contribution in [0.1, 0.15) is 23.7 Å². The number of carbonyl (C=O) groups excluding carboxylic acids is 1. The van der Waals surface area contributed by atoms with Gasteiger partial charge in [0, 0.05) is 24.7 Å². The number of hydrogen-bond donors (Lipinski definition) is 1. The summed E-state index contributed by atoms with van der Waals surface area (Å²) in [6.07, 6.45) is 0.759. The summed E-state index contributed by atoms with van der Waals surface area (Å²) in [5.41, 5.74) is 5.58. The standard InChI is InChI=1S/C13H15F3N2O.ClH/c1-7(17)8-2-3-18(6-8)13(19)9-4-10(14)12(16)11(15)5-9;/h4-5,7-8H,2-3,6,17H2,1H3;1H. The maximum absolute atomic E-state index is 13.1. The Labute approximate surface area is 121 Å². The molecule has 2 N–H and O–H groups in total. The first-order chi connectivity index (χ1) is 8.90. The molecule has 1 fully saturated rings. The maximum Gasteiger partial charge on any atom is 0.254 e. The van der Waals surface area contributed by atoms with Gasteiger partial charge < -0.3 is 10.6 Å². The molecule has 2 unspecified atom stereocenters. The Morgan fingerprint density at radius 2 is 1.90 bits per heavy atom. The summed E-state index contributed by atoms with van der Waals surface area (Å²) in [5.74, 6) is -4.59. The van der Waals surface area contributed by atoms with Crippen molar-refractivity contribution in [3.63, 3.8) is 0 Å². The van der Waals surface area contributed by atoms with Crippen LogP contribution in [0, 0.1) is 23.4 Å². The minimum atomic E-state index is -1.56. The van der Waals surface area contributed by atoms with Gasteiger partial charge in [0.1, 0.15) is 0 Å². The molecule has 0 spiro atoms. The third kappa shape index (κ3) is 3.24. The second-order valence-corrected chi connectivity index (χ2v) is 4.91. The molecule has 1 aliphatic heterocycles. The van der Waals surface area contributed by atoms with E-state index in [1.165, 1.54) is 4.90 Å². The topological polar surface area (TPSA) is 46.3 Å². The number of likely N-dealkylation sites (tertiary alicyclic amines) is 1. The maximum atomic E-state index is 13.1. The van der Waals surface area contributed by atoms with Crippen LogP contribution < -0.4 is 5.73 Å². The smallest absolute Gasteiger partial charge is 0.254 e. The molecule has 1 amide bonds. The predicted octanol–water partition coefficient (Wildman–Crippen LogP) is 2.34. The lowest BCUT2D eigenvalue weighted by molar-refractivity contribution is 0.0784. The predicted molar refractivity (Wildman–Crippen MR) is 71.2 cm³/mol. The van der Waals surface area contributed by atoms with Crippen LogP contribution in [0.25, 0.3) is 0 Å². The van der Waals surface area contributed by atoms with Crippen molar-refractivity contribution in [2.75, 3.05) is 13.1 Å². The van der Waals surface area contributed by atoms with Crippen molar-refractivity contribution in [3.8, 4) is 0 Å². The van der Waals surface area contributed by atoms with Crippen molar-refractivity contribution in [3.05, 3.63) is 35.1 Å². The molecular formula is C13H16ClF3N2O. The molecule has 1 aliphatic rings. The van der Waals surface area contributed by atoms with Crippen molar-refractivity contribution in [2.24, 2.45) is 11.7 Å². The number of halogens is 4. The van der Waals surface area contributed by atoms with E-state index >= 15 is 0 Å². The van der Waals surface area contributed by atoms with Gasteiger partial charge in [-0.1, -0.05) is 0 Å². The molecular weight excluding hydrogens is 293 g/mol. The minimum Gasteiger partial charge on any atom is -0.338 e. The summed E-state index contributed by atoms with van der Waals surface area (Å²) in [5, 5.41) is 0. The highest BCUT2D eigenvalue weighted by molar-refractivity contribution is 5.94. The number of nitrogens with zero attached hydrogens (tertiary/aromatic N) is 1. The van der Waals surface area contributed by atoms with Crippen molar-refractivity contribution in [1.82, 2.24) is 4.90 Å². The summed E-state index contributed by atoms with van der Waals surface area (Å²) in [7, 11) is 0. The Bertz CT molecular complexity index is 487. The monoisotopic (exact) mass is 308 g/mol. The molecule has 0 saturated carbocycles. The highest BCUT2D eigenvalue weighted by atomic mass is 35.5. The molecule has 2 atom stereocenters. The lowest BCUT2D eigenvalue weighted by Crippen LogP contribution is -2.33. The Kier molecular flexibility index (Phi) is 5.42. The molecule has 3 nitrogen and oxygen atoms in total. The van der Waals surface area contributed by atoms with Crippen molar-refractivity contribution in [2.45, 2.75) is 19.4 Å². The van der Waals surface area contributed by atoms with Crippen LogP contribution >= 0.6 is 12.4 Å². The third-order valence-electron chi connectivity index (χ3n) is 3.49. The highest BCUT2D eigenvalue weighted by Crippen LogP contribution is 2.22. The number of rotatable bonds is 2. The number of hydrogen-bond acceptors (Lipinski definition) is 2. The molecule has 1 aromatic rings. The van der Waals surface area contributed by atoms with Gasteiger partial charge in [0.2, 0.25) is 0 Å². The first-order valence-electron chi connectivity index (χ1n) is 6.09. The van der Waals surface area contributed by atoms with E-state index < -0.39 is 23.4 Å². The Balaban J connectivity index is 0.00000200. The third-order valence-corrected chi connectivity index (χ3v) is 3.49. The van der Waals surface area contributed by atoms with Crippen LogP contribution in [-0.4, -0.2) is 29.9 Å². The van der Waals surface area contributed by atoms with E-state index in [2.05, 4.69) is 0 Å². The first kappa shape index (κ1) is 16.8. The van der Waals surface area contributed by atoms with Gasteiger partial charge in [0.15, 0.2) is 17.5 Å². The van der Waals surface area contributed by atoms with Crippen molar-refractivity contribution < 1.29 is 18.0 Å². The zero-order valence-corrected chi connectivity index (χ0v) is 11.7. The molecule has 0 aliphatic carbocycles. The van der Waals surface area contributed by atoms with E-state index in [9.17, 15) is 18.0 Å². The fourth-order valence-electron chi connectivity index (χ4n) is 2.26. The van der Waals surface area contributed by atoms with E-state index in [0.717, 1.165) is 18.6 Å². The molecule has 0 radical (unpaired) electrons. The zero-order chi connectivity index (χ0) is 14.2. The van der Waals surface area contributed by atoms with Gasteiger partial charge in [-0.05, 0) is 31.4 Å². The molecule has 112 valence electrons. The summed E-state index contributed by atoms with van der Waals surface area (Å²) in [4.78, 5) is 13.5. The number of carbonyl (C=O) groups is 1. The quantitative estimate of drug-likeness (QED) is 0.852. The molecule has 1 heterocycles. The summed E-state index contributed by atoms with van der Waals surface area (Å²) < 4.78 is 39.0. The van der Waals surface area contributed by atoms with E-state index in [-0.39, 0.29) is 29.9 Å². The first-order valence-corrected chi connectivity index (χ1v) is 6.09. The minimum absolute atomic E-state index is 0. The van der Waals surface area contributed by atoms with E-state index in [1.54, 1.807) is 0 Å². The largest absolute Gasteiger partial charge is 0.338 e. The van der Waals surface area contributed by atoms with Gasteiger partial charge in [-0.2, -0.15) is 0 Å². The molecule has 0 aromatic heterocycles. The van der Waals surface area contributed by atoms with Gasteiger partial charge in [-0.25, -0.2) is 13.2 Å². The van der Waals surface area contributed by atoms with E-state index in [1.807, 2.05) is 6.92 Å². The molecule has 1 aromatic carbocycles. The summed E-state index contributed by atoms with van der Waals surface area (Å²) in [6, 6.07) is 1.40. The number of nitrogens with two attached hydrogens (primary N) is 1. The Morgan fingerprint density at radius 1 is 1.35 bits per heavy atom. The summed E-state index contributed by atoms with van der Waals surface area (Å²) in [6.45, 7) is 2.80. The average molecular weight is 309 g/mol. The van der Waals surface area contributed by atoms with Gasteiger partial charge in [-0.3, -0.25) is 4.79 Å². The molecule has 20 heavy (non-hydrogen) atoms. The van der Waals surface area contributed by atoms with Gasteiger partial charge >= 0.3 is 0 Å². The zero-order valence-electron chi connectivity index (χ0n) is 10.9. The lowest BCUT2D eigenvalue weighted by Gasteiger charge is -2.18. The fourth-order valence-corrected chi connectivity index (χ4v) is 2.26. The molecule has 7 heteroatoms. The van der Waals surface area contributed by atoms with Gasteiger partial charge in [0.05, 0.1) is 0 Å². The Morgan fingerprint density at radius 3 is 2.35 bits per heavy atom. The second-order valence-electron chi connectivity index (χ2n) is 4.91. The van der Waals surface area contributed by atoms with Crippen LogP contribution in [-0.2, 0) is 0 Å².